The third-order valence-electron chi connectivity index (χ3n) is 3.78. The van der Waals surface area contributed by atoms with E-state index >= 15 is 0 Å². The maximum atomic E-state index is 10.2. The summed E-state index contributed by atoms with van der Waals surface area (Å²) in [6.45, 7) is 2.76. The molecule has 0 aromatic carbocycles. The highest BCUT2D eigenvalue weighted by molar-refractivity contribution is 5.36. The second-order valence-corrected chi connectivity index (χ2v) is 5.25. The quantitative estimate of drug-likeness (QED) is 0.831. The molecule has 2 aromatic heterocycles. The predicted molar refractivity (Wildman–Crippen MR) is 66.0 cm³/mol. The number of fused-ring (bicyclic) bond motifs is 1. The topological polar surface area (TPSA) is 75.3 Å². The molecule has 18 heavy (non-hydrogen) atoms. The van der Waals surface area contributed by atoms with Gasteiger partial charge in [-0.25, -0.2) is 4.52 Å². The van der Waals surface area contributed by atoms with E-state index in [2.05, 4.69) is 27.8 Å². The summed E-state index contributed by atoms with van der Waals surface area (Å²) in [6, 6.07) is 3.67. The third kappa shape index (κ3) is 2.09. The molecular weight excluding hydrogens is 230 g/mol. The molecule has 1 aliphatic carbocycles. The Balaban J connectivity index is 1.69. The van der Waals surface area contributed by atoms with E-state index in [0.29, 0.717) is 12.2 Å². The molecule has 3 rings (SSSR count). The lowest BCUT2D eigenvalue weighted by atomic mass is 9.78. The molecule has 0 radical (unpaired) electrons. The molecule has 1 fully saturated rings. The summed E-state index contributed by atoms with van der Waals surface area (Å²) in [5.41, 5.74) is 1.72. The molecule has 96 valence electrons. The molecule has 0 amide bonds. The van der Waals surface area contributed by atoms with Gasteiger partial charge in [0.1, 0.15) is 0 Å². The summed E-state index contributed by atoms with van der Waals surface area (Å²) in [4.78, 5) is 0. The molecule has 6 heteroatoms. The van der Waals surface area contributed by atoms with Gasteiger partial charge in [-0.2, -0.15) is 0 Å². The summed E-state index contributed by atoms with van der Waals surface area (Å²) in [7, 11) is 0. The smallest absolute Gasteiger partial charge is 0.179 e. The van der Waals surface area contributed by atoms with Gasteiger partial charge in [0.05, 0.1) is 6.10 Å². The zero-order chi connectivity index (χ0) is 12.6. The first kappa shape index (κ1) is 11.6. The fourth-order valence-electron chi connectivity index (χ4n) is 2.30. The van der Waals surface area contributed by atoms with Gasteiger partial charge in [0.15, 0.2) is 5.65 Å². The van der Waals surface area contributed by atoms with Crippen molar-refractivity contribution in [1.82, 2.24) is 25.4 Å². The van der Waals surface area contributed by atoms with Gasteiger partial charge in [-0.1, -0.05) is 6.07 Å². The van der Waals surface area contributed by atoms with Crippen LogP contribution in [0.25, 0.3) is 5.65 Å². The monoisotopic (exact) mass is 247 g/mol. The molecule has 1 atom stereocenters. The number of hydrogen-bond acceptors (Lipinski definition) is 5. The van der Waals surface area contributed by atoms with E-state index in [-0.39, 0.29) is 5.54 Å². The van der Waals surface area contributed by atoms with E-state index in [4.69, 9.17) is 0 Å². The highest BCUT2D eigenvalue weighted by Crippen LogP contribution is 2.31. The fraction of sp³-hybridized carbons (Fsp3) is 0.583. The number of hydrogen-bond donors (Lipinski definition) is 2. The lowest BCUT2D eigenvalue weighted by Crippen LogP contribution is -2.49. The first-order valence-corrected chi connectivity index (χ1v) is 6.27. The van der Waals surface area contributed by atoms with Crippen molar-refractivity contribution in [2.24, 2.45) is 0 Å². The Hall–Kier alpha value is -1.53. The number of β-amino-alcohol motifs (C(OH)–C–C–N with tert-alkyl or cyclic N) is 1. The first-order chi connectivity index (χ1) is 8.66. The Kier molecular flexibility index (Phi) is 2.76. The van der Waals surface area contributed by atoms with Gasteiger partial charge in [0.2, 0.25) is 0 Å². The van der Waals surface area contributed by atoms with Crippen molar-refractivity contribution < 1.29 is 5.11 Å². The zero-order valence-electron chi connectivity index (χ0n) is 10.4. The molecule has 6 nitrogen and oxygen atoms in total. The van der Waals surface area contributed by atoms with E-state index in [1.54, 1.807) is 10.7 Å². The van der Waals surface area contributed by atoms with Crippen LogP contribution in [0, 0.1) is 0 Å². The van der Waals surface area contributed by atoms with Gasteiger partial charge in [-0.05, 0) is 42.7 Å². The lowest BCUT2D eigenvalue weighted by molar-refractivity contribution is 0.132. The maximum Gasteiger partial charge on any atom is 0.179 e. The average molecular weight is 247 g/mol. The number of rotatable bonds is 4. The van der Waals surface area contributed by atoms with Crippen LogP contribution in [0.2, 0.25) is 0 Å². The first-order valence-electron chi connectivity index (χ1n) is 6.27. The fourth-order valence-corrected chi connectivity index (χ4v) is 2.30. The number of tetrazole rings is 1. The molecule has 0 aliphatic heterocycles. The Bertz CT molecular complexity index is 548. The number of aliphatic hydroxyl groups is 1. The molecule has 1 saturated carbocycles. The van der Waals surface area contributed by atoms with Crippen molar-refractivity contribution in [2.45, 2.75) is 37.8 Å². The standard InChI is InChI=1S/C12H17N5O/c1-12(5-2-6-12)13-7-10(18)9-3-4-11-14-15-16-17(11)8-9/h3-4,8,10,13,18H,2,5-7H2,1H3/t10-/m0/s1. The van der Waals surface area contributed by atoms with Crippen LogP contribution in [0.5, 0.6) is 0 Å². The van der Waals surface area contributed by atoms with Crippen molar-refractivity contribution in [2.75, 3.05) is 6.54 Å². The van der Waals surface area contributed by atoms with Gasteiger partial charge in [-0.15, -0.1) is 5.10 Å². The van der Waals surface area contributed by atoms with Crippen LogP contribution < -0.4 is 5.32 Å². The molecule has 0 unspecified atom stereocenters. The molecule has 2 N–H and O–H groups in total. The van der Waals surface area contributed by atoms with Gasteiger partial charge < -0.3 is 10.4 Å². The minimum Gasteiger partial charge on any atom is -0.387 e. The Labute approximate surface area is 105 Å². The van der Waals surface area contributed by atoms with E-state index in [0.717, 1.165) is 5.56 Å². The van der Waals surface area contributed by atoms with Crippen LogP contribution in [-0.2, 0) is 0 Å². The average Bonchev–Trinajstić information content (AvgIpc) is 2.80. The minimum absolute atomic E-state index is 0.208. The molecule has 0 spiro atoms. The number of nitrogens with zero attached hydrogens (tertiary/aromatic N) is 4. The van der Waals surface area contributed by atoms with Gasteiger partial charge in [0, 0.05) is 23.8 Å². The molecule has 0 saturated heterocycles. The van der Waals surface area contributed by atoms with E-state index < -0.39 is 6.10 Å². The molecule has 2 aromatic rings. The Morgan fingerprint density at radius 3 is 3.06 bits per heavy atom. The normalized spacial score (nSPS) is 19.7. The van der Waals surface area contributed by atoms with Crippen LogP contribution >= 0.6 is 0 Å². The zero-order valence-corrected chi connectivity index (χ0v) is 10.4. The van der Waals surface area contributed by atoms with Crippen LogP contribution in [0.15, 0.2) is 18.3 Å². The van der Waals surface area contributed by atoms with E-state index in [1.165, 1.54) is 19.3 Å². The highest BCUT2D eigenvalue weighted by atomic mass is 16.3. The number of nitrogens with one attached hydrogen (secondary N) is 1. The van der Waals surface area contributed by atoms with Crippen molar-refractivity contribution in [3.63, 3.8) is 0 Å². The Morgan fingerprint density at radius 1 is 1.50 bits per heavy atom. The summed E-state index contributed by atoms with van der Waals surface area (Å²) >= 11 is 0. The third-order valence-corrected chi connectivity index (χ3v) is 3.78. The van der Waals surface area contributed by atoms with Crippen molar-refractivity contribution in [1.29, 1.82) is 0 Å². The van der Waals surface area contributed by atoms with Gasteiger partial charge in [0.25, 0.3) is 0 Å². The van der Waals surface area contributed by atoms with Crippen LogP contribution in [-0.4, -0.2) is 37.2 Å². The number of aliphatic hydroxyl groups excluding tert-OH is 1. The predicted octanol–water partition coefficient (Wildman–Crippen LogP) is 0.690. The molecule has 0 bridgehead atoms. The van der Waals surface area contributed by atoms with E-state index in [9.17, 15) is 5.11 Å². The second kappa shape index (κ2) is 4.29. The molecule has 2 heterocycles. The minimum atomic E-state index is -0.531. The summed E-state index contributed by atoms with van der Waals surface area (Å²) in [5.74, 6) is 0. The lowest BCUT2D eigenvalue weighted by Gasteiger charge is -2.40. The van der Waals surface area contributed by atoms with Crippen molar-refractivity contribution in [3.8, 4) is 0 Å². The van der Waals surface area contributed by atoms with Crippen LogP contribution in [0.1, 0.15) is 37.9 Å². The number of pyridine rings is 1. The Morgan fingerprint density at radius 2 is 2.33 bits per heavy atom. The summed E-state index contributed by atoms with van der Waals surface area (Å²) < 4.78 is 1.57. The summed E-state index contributed by atoms with van der Waals surface area (Å²) in [6.07, 6.45) is 4.88. The largest absolute Gasteiger partial charge is 0.387 e. The highest BCUT2D eigenvalue weighted by Gasteiger charge is 2.31. The second-order valence-electron chi connectivity index (χ2n) is 5.25. The van der Waals surface area contributed by atoms with E-state index in [1.807, 2.05) is 12.1 Å². The van der Waals surface area contributed by atoms with Crippen LogP contribution in [0.4, 0.5) is 0 Å². The number of aromatic nitrogens is 4. The van der Waals surface area contributed by atoms with Crippen molar-refractivity contribution in [3.05, 3.63) is 23.9 Å². The maximum absolute atomic E-state index is 10.2. The molecular formula is C12H17N5O. The summed E-state index contributed by atoms with van der Waals surface area (Å²) in [5, 5.41) is 24.8. The van der Waals surface area contributed by atoms with Crippen molar-refractivity contribution >= 4 is 5.65 Å². The SMILES string of the molecule is CC1(NC[C@H](O)c2ccc3nnnn3c2)CCC1. The van der Waals surface area contributed by atoms with Gasteiger partial charge in [-0.3, -0.25) is 0 Å². The van der Waals surface area contributed by atoms with Gasteiger partial charge >= 0.3 is 0 Å². The molecule has 1 aliphatic rings. The van der Waals surface area contributed by atoms with Crippen LogP contribution in [0.3, 0.4) is 0 Å².